The average molecular weight is 383 g/mol. The first-order chi connectivity index (χ1) is 13.0. The van der Waals surface area contributed by atoms with Gasteiger partial charge in [0.15, 0.2) is 0 Å². The Kier molecular flexibility index (Phi) is 4.59. The van der Waals surface area contributed by atoms with Crippen molar-refractivity contribution >= 4 is 17.3 Å². The maximum Gasteiger partial charge on any atom is 0.255 e. The number of aromatic hydroxyl groups is 1. The normalized spacial score (nSPS) is 14.1. The van der Waals surface area contributed by atoms with Gasteiger partial charge in [0.1, 0.15) is 11.6 Å². The second-order valence-corrected chi connectivity index (χ2v) is 7.08. The van der Waals surface area contributed by atoms with Crippen LogP contribution in [0.4, 0.5) is 5.69 Å². The molecule has 0 radical (unpaired) electrons. The maximum atomic E-state index is 12.6. The molecule has 1 aliphatic rings. The third kappa shape index (κ3) is 3.54. The summed E-state index contributed by atoms with van der Waals surface area (Å²) in [4.78, 5) is 22.3. The molecule has 6 nitrogen and oxygen atoms in total. The number of halogens is 1. The Labute approximate surface area is 161 Å². The van der Waals surface area contributed by atoms with Gasteiger partial charge in [-0.2, -0.15) is 0 Å². The number of nitrogens with zero attached hydrogens (tertiary/aromatic N) is 2. The Balaban J connectivity index is 1.59. The lowest BCUT2D eigenvalue weighted by molar-refractivity contribution is 0.239. The van der Waals surface area contributed by atoms with Crippen LogP contribution in [0.1, 0.15) is 16.8 Å². The zero-order valence-electron chi connectivity index (χ0n) is 14.6. The van der Waals surface area contributed by atoms with Crippen LogP contribution in [0.2, 0.25) is 5.02 Å². The predicted molar refractivity (Wildman–Crippen MR) is 106 cm³/mol. The summed E-state index contributed by atoms with van der Waals surface area (Å²) in [6, 6.07) is 12.6. The minimum Gasteiger partial charge on any atom is -0.506 e. The lowest BCUT2D eigenvalue weighted by Crippen LogP contribution is -2.35. The molecule has 0 saturated carbocycles. The van der Waals surface area contributed by atoms with E-state index in [1.165, 1.54) is 0 Å². The van der Waals surface area contributed by atoms with Crippen LogP contribution in [-0.2, 0) is 19.5 Å². The highest BCUT2D eigenvalue weighted by Gasteiger charge is 2.22. The Hall–Kier alpha value is -2.83. The summed E-state index contributed by atoms with van der Waals surface area (Å²) in [5, 5.41) is 10.4. The molecule has 27 heavy (non-hydrogen) atoms. The van der Waals surface area contributed by atoms with Gasteiger partial charge < -0.3 is 15.8 Å². The number of para-hydroxylation sites is 1. The number of benzene rings is 2. The monoisotopic (exact) mass is 382 g/mol. The number of H-pyrrole nitrogens is 1. The largest absolute Gasteiger partial charge is 0.506 e. The van der Waals surface area contributed by atoms with E-state index in [1.807, 2.05) is 24.3 Å². The molecule has 0 aliphatic carbocycles. The van der Waals surface area contributed by atoms with Crippen LogP contribution in [-0.4, -0.2) is 26.5 Å². The van der Waals surface area contributed by atoms with Gasteiger partial charge in [0.2, 0.25) is 0 Å². The van der Waals surface area contributed by atoms with Gasteiger partial charge >= 0.3 is 0 Å². The third-order valence-electron chi connectivity index (χ3n) is 4.80. The molecule has 2 heterocycles. The molecule has 4 rings (SSSR count). The molecule has 0 atom stereocenters. The Morgan fingerprint density at radius 1 is 1.22 bits per heavy atom. The van der Waals surface area contributed by atoms with Crippen LogP contribution in [0.25, 0.3) is 11.4 Å². The van der Waals surface area contributed by atoms with E-state index in [4.69, 9.17) is 17.3 Å². The average Bonchev–Trinajstić information content (AvgIpc) is 2.66. The Morgan fingerprint density at radius 3 is 2.78 bits per heavy atom. The van der Waals surface area contributed by atoms with Crippen LogP contribution in [0, 0.1) is 0 Å². The van der Waals surface area contributed by atoms with Gasteiger partial charge in [0, 0.05) is 42.9 Å². The molecule has 7 heteroatoms. The van der Waals surface area contributed by atoms with Gasteiger partial charge in [-0.3, -0.25) is 9.69 Å². The van der Waals surface area contributed by atoms with Gasteiger partial charge in [-0.1, -0.05) is 23.7 Å². The van der Waals surface area contributed by atoms with Crippen LogP contribution >= 0.6 is 11.6 Å². The maximum absolute atomic E-state index is 12.6. The van der Waals surface area contributed by atoms with Gasteiger partial charge in [-0.15, -0.1) is 0 Å². The molecule has 0 amide bonds. The van der Waals surface area contributed by atoms with Crippen LogP contribution in [0.15, 0.2) is 47.3 Å². The second-order valence-electron chi connectivity index (χ2n) is 6.67. The number of nitrogens with one attached hydrogen (secondary N) is 1. The number of phenolic OH excluding ortho intramolecular Hbond substituents is 1. The van der Waals surface area contributed by atoms with Crippen molar-refractivity contribution in [3.8, 4) is 17.1 Å². The van der Waals surface area contributed by atoms with Crippen molar-refractivity contribution in [2.75, 3.05) is 12.3 Å². The van der Waals surface area contributed by atoms with Crippen molar-refractivity contribution in [3.63, 3.8) is 0 Å². The van der Waals surface area contributed by atoms with Crippen LogP contribution < -0.4 is 11.3 Å². The molecule has 0 spiro atoms. The number of phenols is 1. The lowest BCUT2D eigenvalue weighted by atomic mass is 10.0. The van der Waals surface area contributed by atoms with Crippen molar-refractivity contribution in [1.82, 2.24) is 14.9 Å². The van der Waals surface area contributed by atoms with Gasteiger partial charge in [-0.05, 0) is 30.3 Å². The van der Waals surface area contributed by atoms with Crippen molar-refractivity contribution in [2.24, 2.45) is 0 Å². The van der Waals surface area contributed by atoms with E-state index in [-0.39, 0.29) is 11.3 Å². The van der Waals surface area contributed by atoms with E-state index in [9.17, 15) is 9.90 Å². The number of hydrogen-bond donors (Lipinski definition) is 3. The summed E-state index contributed by atoms with van der Waals surface area (Å²) in [7, 11) is 0. The number of anilines is 1. The molecule has 3 aromatic rings. The van der Waals surface area contributed by atoms with E-state index in [1.54, 1.807) is 18.2 Å². The summed E-state index contributed by atoms with van der Waals surface area (Å²) >= 11 is 5.98. The molecular weight excluding hydrogens is 364 g/mol. The summed E-state index contributed by atoms with van der Waals surface area (Å²) in [5.74, 6) is 0.649. The molecule has 4 N–H and O–H groups in total. The second kappa shape index (κ2) is 7.06. The number of rotatable bonds is 3. The summed E-state index contributed by atoms with van der Waals surface area (Å²) in [5.41, 5.74) is 9.31. The number of hydrogen-bond acceptors (Lipinski definition) is 5. The van der Waals surface area contributed by atoms with Crippen LogP contribution in [0.3, 0.4) is 0 Å². The van der Waals surface area contributed by atoms with Gasteiger partial charge in [-0.25, -0.2) is 4.98 Å². The fraction of sp³-hybridized carbons (Fsp3) is 0.200. The van der Waals surface area contributed by atoms with Gasteiger partial charge in [0.05, 0.1) is 16.3 Å². The van der Waals surface area contributed by atoms with Crippen molar-refractivity contribution < 1.29 is 5.11 Å². The minimum atomic E-state index is -0.133. The molecule has 0 saturated heterocycles. The van der Waals surface area contributed by atoms with Crippen LogP contribution in [0.5, 0.6) is 5.75 Å². The highest BCUT2D eigenvalue weighted by molar-refractivity contribution is 6.32. The van der Waals surface area contributed by atoms with E-state index in [0.717, 1.165) is 23.4 Å². The molecule has 138 valence electrons. The SMILES string of the molecule is Nc1ccc(-c2nc3c(c(=O)[nH]2)CN(Cc2cccc(Cl)c2O)CC3)cc1. The first kappa shape index (κ1) is 17.6. The lowest BCUT2D eigenvalue weighted by Gasteiger charge is -2.28. The molecule has 0 fully saturated rings. The van der Waals surface area contributed by atoms with Crippen molar-refractivity contribution in [2.45, 2.75) is 19.5 Å². The summed E-state index contributed by atoms with van der Waals surface area (Å²) in [6.45, 7) is 1.74. The number of fused-ring (bicyclic) bond motifs is 1. The smallest absolute Gasteiger partial charge is 0.255 e. The summed E-state index contributed by atoms with van der Waals surface area (Å²) < 4.78 is 0. The topological polar surface area (TPSA) is 95.2 Å². The third-order valence-corrected chi connectivity index (χ3v) is 5.10. The number of aromatic nitrogens is 2. The number of aromatic amines is 1. The van der Waals surface area contributed by atoms with E-state index in [0.29, 0.717) is 41.6 Å². The highest BCUT2D eigenvalue weighted by Crippen LogP contribution is 2.29. The number of nitrogen functional groups attached to an aromatic ring is 1. The first-order valence-corrected chi connectivity index (χ1v) is 9.06. The highest BCUT2D eigenvalue weighted by atomic mass is 35.5. The fourth-order valence-corrected chi connectivity index (χ4v) is 3.52. The fourth-order valence-electron chi connectivity index (χ4n) is 3.32. The van der Waals surface area contributed by atoms with Crippen molar-refractivity contribution in [1.29, 1.82) is 0 Å². The minimum absolute atomic E-state index is 0.0932. The molecule has 1 aliphatic heterocycles. The predicted octanol–water partition coefficient (Wildman–Crippen LogP) is 2.94. The molecule has 0 bridgehead atoms. The molecule has 2 aromatic carbocycles. The molecular formula is C20H19ClN4O2. The molecule has 1 aromatic heterocycles. The Bertz CT molecular complexity index is 1050. The number of nitrogens with two attached hydrogens (primary N) is 1. The zero-order chi connectivity index (χ0) is 19.0. The van der Waals surface area contributed by atoms with E-state index in [2.05, 4.69) is 14.9 Å². The quantitative estimate of drug-likeness (QED) is 0.605. The molecule has 0 unspecified atom stereocenters. The Morgan fingerprint density at radius 2 is 2.00 bits per heavy atom. The van der Waals surface area contributed by atoms with E-state index >= 15 is 0 Å². The van der Waals surface area contributed by atoms with Gasteiger partial charge in [0.25, 0.3) is 5.56 Å². The first-order valence-electron chi connectivity index (χ1n) is 8.68. The van der Waals surface area contributed by atoms with E-state index < -0.39 is 0 Å². The van der Waals surface area contributed by atoms with Crippen molar-refractivity contribution in [3.05, 3.63) is 74.7 Å². The standard InChI is InChI=1S/C20H19ClN4O2/c21-16-3-1-2-13(18(16)26)10-25-9-8-17-15(11-25)20(27)24-19(23-17)12-4-6-14(22)7-5-12/h1-7,26H,8-11,22H2,(H,23,24,27). The summed E-state index contributed by atoms with van der Waals surface area (Å²) in [6.07, 6.45) is 0.669. The zero-order valence-corrected chi connectivity index (χ0v) is 15.3.